The van der Waals surface area contributed by atoms with Crippen LogP contribution >= 0.6 is 0 Å². The zero-order valence-electron chi connectivity index (χ0n) is 18.0. The first-order valence-electron chi connectivity index (χ1n) is 9.67. The van der Waals surface area contributed by atoms with Crippen LogP contribution in [0.3, 0.4) is 0 Å². The molecule has 0 bridgehead atoms. The van der Waals surface area contributed by atoms with Crippen LogP contribution in [0.25, 0.3) is 0 Å². The minimum atomic E-state index is -5.29. The lowest BCUT2D eigenvalue weighted by molar-refractivity contribution is -0.260. The van der Waals surface area contributed by atoms with E-state index in [1.54, 1.807) is 6.92 Å². The summed E-state index contributed by atoms with van der Waals surface area (Å²) in [5.41, 5.74) is -4.69. The fourth-order valence-electron chi connectivity index (χ4n) is 3.04. The molecule has 6 nitrogen and oxygen atoms in total. The number of carbonyl (C=O) groups is 1. The van der Waals surface area contributed by atoms with Gasteiger partial charge in [-0.2, -0.15) is 26.3 Å². The minimum Gasteiger partial charge on any atom is -0.381 e. The van der Waals surface area contributed by atoms with E-state index < -0.39 is 57.1 Å². The summed E-state index contributed by atoms with van der Waals surface area (Å²) in [4.78, 5) is 11.6. The number of aliphatic hydroxyl groups is 1. The standard InChI is InChI=1S/C21H22F6N2O4S/c1-13-8-17(7-6-14(13)10-28-18(30)11-34(2,32)33)29-12-19(31,21(25,26)27)15-4-3-5-16(9-15)20(22,23)24/h3-9,29,31H,10-12H2,1-2H3,(H,28,30)/t19-/m1/s1. The Labute approximate surface area is 191 Å². The Morgan fingerprint density at radius 2 is 1.62 bits per heavy atom. The summed E-state index contributed by atoms with van der Waals surface area (Å²) in [5, 5.41) is 15.2. The van der Waals surface area contributed by atoms with Crippen molar-refractivity contribution in [2.45, 2.75) is 31.4 Å². The fourth-order valence-corrected chi connectivity index (χ4v) is 3.61. The molecule has 0 unspecified atom stereocenters. The van der Waals surface area contributed by atoms with E-state index in [9.17, 15) is 44.7 Å². The number of hydrogen-bond donors (Lipinski definition) is 3. The second-order valence-electron chi connectivity index (χ2n) is 7.78. The van der Waals surface area contributed by atoms with Gasteiger partial charge in [-0.15, -0.1) is 0 Å². The number of benzene rings is 2. The topological polar surface area (TPSA) is 95.5 Å². The number of aryl methyl sites for hydroxylation is 1. The molecule has 3 N–H and O–H groups in total. The molecule has 1 amide bonds. The molecule has 0 heterocycles. The Morgan fingerprint density at radius 1 is 1.00 bits per heavy atom. The highest BCUT2D eigenvalue weighted by Crippen LogP contribution is 2.41. The third kappa shape index (κ3) is 7.10. The Balaban J connectivity index is 2.19. The number of alkyl halides is 6. The normalized spacial score (nSPS) is 14.4. The molecule has 0 radical (unpaired) electrons. The SMILES string of the molecule is Cc1cc(NC[C@@](O)(c2cccc(C(F)(F)F)c2)C(F)(F)F)ccc1CNC(=O)CS(C)(=O)=O. The summed E-state index contributed by atoms with van der Waals surface area (Å²) in [6.07, 6.45) is -9.28. The van der Waals surface area contributed by atoms with Crippen LogP contribution < -0.4 is 10.6 Å². The number of rotatable bonds is 8. The van der Waals surface area contributed by atoms with E-state index >= 15 is 0 Å². The minimum absolute atomic E-state index is 0.0306. The second-order valence-corrected chi connectivity index (χ2v) is 9.92. The van der Waals surface area contributed by atoms with Crippen LogP contribution in [0, 0.1) is 6.92 Å². The van der Waals surface area contributed by atoms with Gasteiger partial charge in [0.25, 0.3) is 0 Å². The van der Waals surface area contributed by atoms with E-state index in [1.807, 2.05) is 0 Å². The van der Waals surface area contributed by atoms with Crippen molar-refractivity contribution in [3.63, 3.8) is 0 Å². The van der Waals surface area contributed by atoms with Crippen LogP contribution in [0.5, 0.6) is 0 Å². The maximum atomic E-state index is 13.7. The molecule has 0 saturated heterocycles. The summed E-state index contributed by atoms with van der Waals surface area (Å²) in [6.45, 7) is 0.394. The molecule has 1 atom stereocenters. The Kier molecular flexibility index (Phi) is 7.93. The zero-order valence-corrected chi connectivity index (χ0v) is 18.8. The fraction of sp³-hybridized carbons (Fsp3) is 0.381. The Hall–Kier alpha value is -2.80. The lowest BCUT2D eigenvalue weighted by atomic mass is 9.91. The van der Waals surface area contributed by atoms with Crippen LogP contribution in [0.2, 0.25) is 0 Å². The average molecular weight is 512 g/mol. The van der Waals surface area contributed by atoms with E-state index in [0.717, 1.165) is 18.4 Å². The summed E-state index contributed by atoms with van der Waals surface area (Å²) in [5.74, 6) is -1.42. The molecule has 2 aromatic carbocycles. The number of carbonyl (C=O) groups excluding carboxylic acids is 1. The van der Waals surface area contributed by atoms with Crippen molar-refractivity contribution in [2.75, 3.05) is 23.9 Å². The molecule has 2 rings (SSSR count). The van der Waals surface area contributed by atoms with Gasteiger partial charge in [0.05, 0.1) is 12.1 Å². The van der Waals surface area contributed by atoms with Gasteiger partial charge in [0.15, 0.2) is 9.84 Å². The highest BCUT2D eigenvalue weighted by atomic mass is 32.2. The van der Waals surface area contributed by atoms with E-state index in [-0.39, 0.29) is 18.3 Å². The van der Waals surface area contributed by atoms with Crippen molar-refractivity contribution >= 4 is 21.4 Å². The molecule has 188 valence electrons. The summed E-state index contributed by atoms with van der Waals surface area (Å²) >= 11 is 0. The van der Waals surface area contributed by atoms with Crippen LogP contribution in [-0.4, -0.2) is 44.2 Å². The van der Waals surface area contributed by atoms with E-state index in [1.165, 1.54) is 18.2 Å². The quantitative estimate of drug-likeness (QED) is 0.471. The van der Waals surface area contributed by atoms with Gasteiger partial charge in [-0.1, -0.05) is 18.2 Å². The molecule has 13 heteroatoms. The summed E-state index contributed by atoms with van der Waals surface area (Å²) in [6, 6.07) is 6.64. The van der Waals surface area contributed by atoms with Gasteiger partial charge in [0, 0.05) is 18.5 Å². The van der Waals surface area contributed by atoms with Crippen LogP contribution in [0.1, 0.15) is 22.3 Å². The van der Waals surface area contributed by atoms with Gasteiger partial charge in [0.1, 0.15) is 5.75 Å². The number of sulfone groups is 1. The molecular weight excluding hydrogens is 490 g/mol. The van der Waals surface area contributed by atoms with Gasteiger partial charge >= 0.3 is 12.4 Å². The van der Waals surface area contributed by atoms with Crippen LogP contribution in [0.15, 0.2) is 42.5 Å². The highest BCUT2D eigenvalue weighted by molar-refractivity contribution is 7.91. The predicted molar refractivity (Wildman–Crippen MR) is 113 cm³/mol. The first-order chi connectivity index (χ1) is 15.4. The average Bonchev–Trinajstić information content (AvgIpc) is 2.68. The lowest BCUT2D eigenvalue weighted by Gasteiger charge is -2.32. The second kappa shape index (κ2) is 9.82. The first kappa shape index (κ1) is 27.4. The summed E-state index contributed by atoms with van der Waals surface area (Å²) in [7, 11) is -3.51. The van der Waals surface area contributed by atoms with E-state index in [0.29, 0.717) is 17.2 Å². The number of amides is 1. The molecular formula is C21H22F6N2O4S. The summed E-state index contributed by atoms with van der Waals surface area (Å²) < 4.78 is 102. The smallest absolute Gasteiger partial charge is 0.381 e. The molecule has 34 heavy (non-hydrogen) atoms. The number of anilines is 1. The van der Waals surface area contributed by atoms with Crippen molar-refractivity contribution in [1.82, 2.24) is 5.32 Å². The van der Waals surface area contributed by atoms with E-state index in [2.05, 4.69) is 10.6 Å². The lowest BCUT2D eigenvalue weighted by Crippen LogP contribution is -2.48. The highest BCUT2D eigenvalue weighted by Gasteiger charge is 2.55. The molecule has 0 spiro atoms. The largest absolute Gasteiger partial charge is 0.423 e. The molecule has 0 aromatic heterocycles. The monoisotopic (exact) mass is 512 g/mol. The van der Waals surface area contributed by atoms with Crippen molar-refractivity contribution < 1.29 is 44.7 Å². The maximum Gasteiger partial charge on any atom is 0.423 e. The van der Waals surface area contributed by atoms with Crippen molar-refractivity contribution in [3.05, 3.63) is 64.7 Å². The Morgan fingerprint density at radius 3 is 2.15 bits per heavy atom. The number of nitrogens with one attached hydrogen (secondary N) is 2. The van der Waals surface area contributed by atoms with Gasteiger partial charge in [-0.3, -0.25) is 4.79 Å². The molecule has 0 aliphatic heterocycles. The van der Waals surface area contributed by atoms with Gasteiger partial charge in [-0.05, 0) is 47.9 Å². The molecule has 2 aromatic rings. The Bertz CT molecular complexity index is 1150. The third-order valence-corrected chi connectivity index (χ3v) is 5.68. The molecule has 0 aliphatic carbocycles. The van der Waals surface area contributed by atoms with Crippen molar-refractivity contribution in [1.29, 1.82) is 0 Å². The number of halogens is 6. The predicted octanol–water partition coefficient (Wildman–Crippen LogP) is 3.54. The first-order valence-corrected chi connectivity index (χ1v) is 11.7. The van der Waals surface area contributed by atoms with Crippen LogP contribution in [0.4, 0.5) is 32.0 Å². The maximum absolute atomic E-state index is 13.7. The molecule has 0 aliphatic rings. The van der Waals surface area contributed by atoms with Gasteiger partial charge in [0.2, 0.25) is 11.5 Å². The van der Waals surface area contributed by atoms with Gasteiger partial charge in [-0.25, -0.2) is 8.42 Å². The van der Waals surface area contributed by atoms with Gasteiger partial charge < -0.3 is 15.7 Å². The van der Waals surface area contributed by atoms with Crippen LogP contribution in [-0.2, 0) is 33.0 Å². The third-order valence-electron chi connectivity index (χ3n) is 4.90. The zero-order chi connectivity index (χ0) is 25.9. The van der Waals surface area contributed by atoms with E-state index in [4.69, 9.17) is 0 Å². The van der Waals surface area contributed by atoms with Crippen molar-refractivity contribution in [3.8, 4) is 0 Å². The molecule has 0 fully saturated rings. The number of hydrogen-bond acceptors (Lipinski definition) is 5. The molecule has 0 saturated carbocycles. The van der Waals surface area contributed by atoms with Crippen molar-refractivity contribution in [2.24, 2.45) is 0 Å².